The first-order valence-corrected chi connectivity index (χ1v) is 11.3. The summed E-state index contributed by atoms with van der Waals surface area (Å²) in [5.74, 6) is 0.946. The van der Waals surface area contributed by atoms with E-state index in [0.717, 1.165) is 5.69 Å². The van der Waals surface area contributed by atoms with E-state index in [9.17, 15) is 9.59 Å². The van der Waals surface area contributed by atoms with Gasteiger partial charge in [-0.3, -0.25) is 9.59 Å². The van der Waals surface area contributed by atoms with E-state index in [2.05, 4.69) is 19.2 Å². The van der Waals surface area contributed by atoms with Gasteiger partial charge in [0.1, 0.15) is 17.2 Å². The Morgan fingerprint density at radius 3 is 2.00 bits per heavy atom. The molecule has 6 nitrogen and oxygen atoms in total. The number of anilines is 2. The topological polar surface area (TPSA) is 67.9 Å². The van der Waals surface area contributed by atoms with Crippen LogP contribution in [-0.4, -0.2) is 25.5 Å². The molecule has 6 heteroatoms. The number of ether oxygens (including phenoxy) is 2. The van der Waals surface area contributed by atoms with E-state index in [1.807, 2.05) is 31.2 Å². The Balaban J connectivity index is 1.73. The number of imide groups is 1. The molecule has 3 aromatic carbocycles. The Labute approximate surface area is 199 Å². The highest BCUT2D eigenvalue weighted by Gasteiger charge is 2.40. The standard InChI is InChI=1S/C28H28N2O4/c1-5-34-24-16-12-22(13-17-24)30-27(31)25(20-8-14-23(33-4)15-9-20)26(28(30)32)29-21-10-6-19(7-11-21)18(2)3/h6-18,29H,5H2,1-4H3. The van der Waals surface area contributed by atoms with Gasteiger partial charge in [-0.05, 0) is 72.5 Å². The van der Waals surface area contributed by atoms with Crippen molar-refractivity contribution in [3.05, 3.63) is 89.6 Å². The van der Waals surface area contributed by atoms with Crippen molar-refractivity contribution in [1.29, 1.82) is 0 Å². The van der Waals surface area contributed by atoms with Gasteiger partial charge in [-0.15, -0.1) is 0 Å². The lowest BCUT2D eigenvalue weighted by Crippen LogP contribution is -2.32. The fourth-order valence-corrected chi connectivity index (χ4v) is 3.86. The highest BCUT2D eigenvalue weighted by atomic mass is 16.5. The quantitative estimate of drug-likeness (QED) is 0.446. The lowest BCUT2D eigenvalue weighted by Gasteiger charge is -2.16. The van der Waals surface area contributed by atoms with Gasteiger partial charge in [-0.25, -0.2) is 4.90 Å². The third kappa shape index (κ3) is 4.53. The highest BCUT2D eigenvalue weighted by molar-refractivity contribution is 6.46. The average molecular weight is 457 g/mol. The maximum absolute atomic E-state index is 13.6. The summed E-state index contributed by atoms with van der Waals surface area (Å²) in [5.41, 5.74) is 3.60. The molecule has 1 heterocycles. The number of amides is 2. The minimum atomic E-state index is -0.409. The Bertz CT molecular complexity index is 1210. The van der Waals surface area contributed by atoms with Crippen molar-refractivity contribution >= 4 is 28.8 Å². The van der Waals surface area contributed by atoms with Gasteiger partial charge in [-0.2, -0.15) is 0 Å². The second-order valence-corrected chi connectivity index (χ2v) is 8.25. The molecular formula is C28H28N2O4. The molecule has 1 aliphatic rings. The van der Waals surface area contributed by atoms with Crippen molar-refractivity contribution in [3.8, 4) is 11.5 Å². The molecule has 174 valence electrons. The van der Waals surface area contributed by atoms with Crippen molar-refractivity contribution in [2.24, 2.45) is 0 Å². The van der Waals surface area contributed by atoms with E-state index < -0.39 is 5.91 Å². The maximum atomic E-state index is 13.6. The van der Waals surface area contributed by atoms with Crippen LogP contribution < -0.4 is 19.7 Å². The molecule has 0 radical (unpaired) electrons. The second-order valence-electron chi connectivity index (χ2n) is 8.25. The molecule has 1 N–H and O–H groups in total. The maximum Gasteiger partial charge on any atom is 0.282 e. The summed E-state index contributed by atoms with van der Waals surface area (Å²) in [5, 5.41) is 3.21. The van der Waals surface area contributed by atoms with E-state index >= 15 is 0 Å². The minimum absolute atomic E-state index is 0.237. The average Bonchev–Trinajstić information content (AvgIpc) is 3.09. The Kier molecular flexibility index (Phi) is 6.68. The molecule has 0 atom stereocenters. The third-order valence-electron chi connectivity index (χ3n) is 5.72. The number of benzene rings is 3. The zero-order chi connectivity index (χ0) is 24.2. The third-order valence-corrected chi connectivity index (χ3v) is 5.72. The Morgan fingerprint density at radius 2 is 1.44 bits per heavy atom. The zero-order valence-corrected chi connectivity index (χ0v) is 19.8. The molecule has 0 fully saturated rings. The van der Waals surface area contributed by atoms with Crippen LogP contribution in [0.4, 0.5) is 11.4 Å². The smallest absolute Gasteiger partial charge is 0.282 e. The van der Waals surface area contributed by atoms with Gasteiger partial charge in [-0.1, -0.05) is 38.1 Å². The van der Waals surface area contributed by atoms with Crippen molar-refractivity contribution in [2.75, 3.05) is 23.9 Å². The van der Waals surface area contributed by atoms with E-state index in [-0.39, 0.29) is 11.6 Å². The highest BCUT2D eigenvalue weighted by Crippen LogP contribution is 2.35. The number of nitrogens with one attached hydrogen (secondary N) is 1. The van der Waals surface area contributed by atoms with Crippen molar-refractivity contribution in [1.82, 2.24) is 0 Å². The summed E-state index contributed by atoms with van der Waals surface area (Å²) in [6.45, 7) is 6.69. The fourth-order valence-electron chi connectivity index (χ4n) is 3.86. The molecule has 0 aromatic heterocycles. The first-order chi connectivity index (χ1) is 16.4. The number of carbonyl (C=O) groups is 2. The molecule has 0 aliphatic carbocycles. The fraction of sp³-hybridized carbons (Fsp3) is 0.214. The molecule has 3 aromatic rings. The molecule has 2 amide bonds. The van der Waals surface area contributed by atoms with Crippen LogP contribution in [0.5, 0.6) is 11.5 Å². The number of rotatable bonds is 8. The van der Waals surface area contributed by atoms with E-state index in [1.54, 1.807) is 55.6 Å². The molecule has 1 aliphatic heterocycles. The summed E-state index contributed by atoms with van der Waals surface area (Å²) < 4.78 is 10.7. The Hall–Kier alpha value is -4.06. The lowest BCUT2D eigenvalue weighted by molar-refractivity contribution is -0.120. The number of hydrogen-bond donors (Lipinski definition) is 1. The Morgan fingerprint density at radius 1 is 0.824 bits per heavy atom. The van der Waals surface area contributed by atoms with Crippen molar-refractivity contribution in [2.45, 2.75) is 26.7 Å². The van der Waals surface area contributed by atoms with E-state index in [4.69, 9.17) is 9.47 Å². The first-order valence-electron chi connectivity index (χ1n) is 11.3. The normalized spacial score (nSPS) is 13.6. The number of methoxy groups -OCH3 is 1. The SMILES string of the molecule is CCOc1ccc(N2C(=O)C(Nc3ccc(C(C)C)cc3)=C(c3ccc(OC)cc3)C2=O)cc1. The van der Waals surface area contributed by atoms with Gasteiger partial charge in [0.15, 0.2) is 0 Å². The summed E-state index contributed by atoms with van der Waals surface area (Å²) in [6.07, 6.45) is 0. The summed E-state index contributed by atoms with van der Waals surface area (Å²) in [7, 11) is 1.58. The summed E-state index contributed by atoms with van der Waals surface area (Å²) in [4.78, 5) is 28.3. The molecule has 34 heavy (non-hydrogen) atoms. The van der Waals surface area contributed by atoms with Crippen LogP contribution in [-0.2, 0) is 9.59 Å². The largest absolute Gasteiger partial charge is 0.497 e. The molecule has 0 spiro atoms. The molecule has 0 saturated heterocycles. The van der Waals surface area contributed by atoms with Crippen LogP contribution in [0.3, 0.4) is 0 Å². The van der Waals surface area contributed by atoms with Crippen LogP contribution in [0, 0.1) is 0 Å². The molecule has 0 unspecified atom stereocenters. The predicted octanol–water partition coefficient (Wildman–Crippen LogP) is 5.61. The monoisotopic (exact) mass is 456 g/mol. The van der Waals surface area contributed by atoms with Gasteiger partial charge in [0, 0.05) is 5.69 Å². The van der Waals surface area contributed by atoms with Crippen molar-refractivity contribution < 1.29 is 19.1 Å². The minimum Gasteiger partial charge on any atom is -0.497 e. The van der Waals surface area contributed by atoms with Gasteiger partial charge < -0.3 is 14.8 Å². The number of carbonyl (C=O) groups excluding carboxylic acids is 2. The summed E-state index contributed by atoms with van der Waals surface area (Å²) >= 11 is 0. The predicted molar refractivity (Wildman–Crippen MR) is 134 cm³/mol. The molecule has 4 rings (SSSR count). The van der Waals surface area contributed by atoms with Gasteiger partial charge in [0.2, 0.25) is 0 Å². The van der Waals surface area contributed by atoms with Gasteiger partial charge in [0.25, 0.3) is 11.8 Å². The van der Waals surface area contributed by atoms with Crippen LogP contribution in [0.1, 0.15) is 37.8 Å². The molecule has 0 bridgehead atoms. The van der Waals surface area contributed by atoms with Crippen LogP contribution in [0.2, 0.25) is 0 Å². The van der Waals surface area contributed by atoms with Crippen LogP contribution >= 0.6 is 0 Å². The lowest BCUT2D eigenvalue weighted by atomic mass is 10.0. The second kappa shape index (κ2) is 9.83. The summed E-state index contributed by atoms with van der Waals surface area (Å²) in [6, 6.07) is 21.9. The molecular weight excluding hydrogens is 428 g/mol. The van der Waals surface area contributed by atoms with Crippen molar-refractivity contribution in [3.63, 3.8) is 0 Å². The van der Waals surface area contributed by atoms with Crippen LogP contribution in [0.15, 0.2) is 78.5 Å². The van der Waals surface area contributed by atoms with Gasteiger partial charge in [0.05, 0.1) is 25.0 Å². The van der Waals surface area contributed by atoms with E-state index in [0.29, 0.717) is 40.8 Å². The zero-order valence-electron chi connectivity index (χ0n) is 19.8. The number of hydrogen-bond acceptors (Lipinski definition) is 5. The van der Waals surface area contributed by atoms with Gasteiger partial charge >= 0.3 is 0 Å². The first kappa shape index (κ1) is 23.1. The number of nitrogens with zero attached hydrogens (tertiary/aromatic N) is 1. The van der Waals surface area contributed by atoms with Crippen LogP contribution in [0.25, 0.3) is 5.57 Å². The van der Waals surface area contributed by atoms with E-state index in [1.165, 1.54) is 10.5 Å². The molecule has 0 saturated carbocycles.